The molecule has 2 N–H and O–H groups in total. The van der Waals surface area contributed by atoms with E-state index < -0.39 is 18.3 Å². The van der Waals surface area contributed by atoms with Crippen molar-refractivity contribution in [1.29, 1.82) is 0 Å². The van der Waals surface area contributed by atoms with Crippen molar-refractivity contribution in [1.82, 2.24) is 0 Å². The zero-order chi connectivity index (χ0) is 7.56. The standard InChI is InChI=1S/C5H9ClO4/c6-10-4-2-9-3(1-7)5(4)8/h3-5,7-8H,1-2H2. The van der Waals surface area contributed by atoms with Crippen LogP contribution in [-0.4, -0.2) is 41.7 Å². The lowest BCUT2D eigenvalue weighted by Gasteiger charge is -2.11. The molecule has 0 aromatic heterocycles. The number of hydrogen-bond donors (Lipinski definition) is 2. The average molecular weight is 169 g/mol. The van der Waals surface area contributed by atoms with Crippen molar-refractivity contribution in [3.8, 4) is 0 Å². The minimum atomic E-state index is -0.817. The van der Waals surface area contributed by atoms with Gasteiger partial charge in [0.25, 0.3) is 0 Å². The quantitative estimate of drug-likeness (QED) is 0.571. The van der Waals surface area contributed by atoms with Crippen LogP contribution in [0.3, 0.4) is 0 Å². The van der Waals surface area contributed by atoms with Crippen molar-refractivity contribution in [2.24, 2.45) is 0 Å². The highest BCUT2D eigenvalue weighted by molar-refractivity contribution is 6.07. The topological polar surface area (TPSA) is 58.9 Å². The van der Waals surface area contributed by atoms with Gasteiger partial charge in [-0.15, -0.1) is 0 Å². The molecule has 0 amide bonds. The van der Waals surface area contributed by atoms with Crippen LogP contribution in [0, 0.1) is 0 Å². The molecule has 0 aromatic carbocycles. The van der Waals surface area contributed by atoms with Gasteiger partial charge in [0.05, 0.1) is 25.1 Å². The molecule has 1 fully saturated rings. The predicted molar refractivity (Wildman–Crippen MR) is 33.6 cm³/mol. The van der Waals surface area contributed by atoms with Crippen molar-refractivity contribution >= 4 is 11.9 Å². The third kappa shape index (κ3) is 1.41. The van der Waals surface area contributed by atoms with Crippen LogP contribution in [0.5, 0.6) is 0 Å². The van der Waals surface area contributed by atoms with E-state index in [2.05, 4.69) is 4.29 Å². The van der Waals surface area contributed by atoms with Crippen molar-refractivity contribution in [2.75, 3.05) is 13.2 Å². The minimum Gasteiger partial charge on any atom is -0.394 e. The van der Waals surface area contributed by atoms with E-state index in [9.17, 15) is 0 Å². The maximum atomic E-state index is 9.15. The van der Waals surface area contributed by atoms with Crippen molar-refractivity contribution in [3.05, 3.63) is 0 Å². The van der Waals surface area contributed by atoms with Gasteiger partial charge < -0.3 is 14.9 Å². The zero-order valence-electron chi connectivity index (χ0n) is 5.24. The SMILES string of the molecule is OCC1OCC(OCl)C1O. The Morgan fingerprint density at radius 3 is 2.70 bits per heavy atom. The van der Waals surface area contributed by atoms with E-state index in [4.69, 9.17) is 26.8 Å². The van der Waals surface area contributed by atoms with Gasteiger partial charge in [0.15, 0.2) is 0 Å². The van der Waals surface area contributed by atoms with Gasteiger partial charge in [0.1, 0.15) is 18.3 Å². The summed E-state index contributed by atoms with van der Waals surface area (Å²) in [5.41, 5.74) is 0. The number of aliphatic hydroxyl groups excluding tert-OH is 2. The highest BCUT2D eigenvalue weighted by atomic mass is 35.5. The average Bonchev–Trinajstić information content (AvgIpc) is 2.30. The third-order valence-corrected chi connectivity index (χ3v) is 1.76. The van der Waals surface area contributed by atoms with E-state index in [1.54, 1.807) is 0 Å². The smallest absolute Gasteiger partial charge is 0.131 e. The predicted octanol–water partition coefficient (Wildman–Crippen LogP) is -0.723. The molecule has 4 nitrogen and oxygen atoms in total. The Labute approximate surface area is 63.5 Å². The van der Waals surface area contributed by atoms with Gasteiger partial charge in [-0.3, -0.25) is 4.29 Å². The van der Waals surface area contributed by atoms with Crippen LogP contribution in [0.15, 0.2) is 0 Å². The molecule has 3 unspecified atom stereocenters. The molecule has 1 aliphatic rings. The van der Waals surface area contributed by atoms with Gasteiger partial charge in [-0.25, -0.2) is 0 Å². The minimum absolute atomic E-state index is 0.210. The maximum Gasteiger partial charge on any atom is 0.131 e. The van der Waals surface area contributed by atoms with Gasteiger partial charge in [0.2, 0.25) is 0 Å². The summed E-state index contributed by atoms with van der Waals surface area (Å²) in [6.45, 7) is 0.0216. The lowest BCUT2D eigenvalue weighted by Crippen LogP contribution is -2.32. The van der Waals surface area contributed by atoms with E-state index >= 15 is 0 Å². The highest BCUT2D eigenvalue weighted by Gasteiger charge is 2.36. The molecule has 1 aliphatic heterocycles. The number of halogens is 1. The van der Waals surface area contributed by atoms with Crippen molar-refractivity contribution < 1.29 is 19.2 Å². The molecule has 0 aliphatic carbocycles. The lowest BCUT2D eigenvalue weighted by molar-refractivity contribution is -0.00263. The summed E-state index contributed by atoms with van der Waals surface area (Å²) in [6.07, 6.45) is -1.88. The first-order valence-electron chi connectivity index (χ1n) is 2.97. The van der Waals surface area contributed by atoms with Gasteiger partial charge >= 0.3 is 0 Å². The third-order valence-electron chi connectivity index (χ3n) is 1.53. The monoisotopic (exact) mass is 168 g/mol. The molecule has 5 heteroatoms. The summed E-state index contributed by atoms with van der Waals surface area (Å²) >= 11 is 5.00. The van der Waals surface area contributed by atoms with Gasteiger partial charge in [0, 0.05) is 0 Å². The van der Waals surface area contributed by atoms with Crippen LogP contribution < -0.4 is 0 Å². The molecule has 0 bridgehead atoms. The molecule has 0 radical (unpaired) electrons. The molecule has 0 spiro atoms. The Bertz CT molecular complexity index is 97.8. The van der Waals surface area contributed by atoms with Crippen LogP contribution in [0.2, 0.25) is 0 Å². The van der Waals surface area contributed by atoms with E-state index in [0.717, 1.165) is 0 Å². The van der Waals surface area contributed by atoms with E-state index in [0.29, 0.717) is 0 Å². The summed E-state index contributed by atoms with van der Waals surface area (Å²) in [7, 11) is 0. The molecular formula is C5H9ClO4. The maximum absolute atomic E-state index is 9.15. The molecule has 10 heavy (non-hydrogen) atoms. The Morgan fingerprint density at radius 2 is 2.40 bits per heavy atom. The fraction of sp³-hybridized carbons (Fsp3) is 1.00. The van der Waals surface area contributed by atoms with Gasteiger partial charge in [-0.2, -0.15) is 0 Å². The van der Waals surface area contributed by atoms with Crippen LogP contribution >= 0.6 is 11.9 Å². The second kappa shape index (κ2) is 3.50. The van der Waals surface area contributed by atoms with E-state index in [-0.39, 0.29) is 13.2 Å². The van der Waals surface area contributed by atoms with Gasteiger partial charge in [-0.1, -0.05) is 0 Å². The molecule has 60 valence electrons. The molecular weight excluding hydrogens is 160 g/mol. The summed E-state index contributed by atoms with van der Waals surface area (Å²) in [5.74, 6) is 0. The van der Waals surface area contributed by atoms with Crippen LogP contribution in [0.25, 0.3) is 0 Å². The van der Waals surface area contributed by atoms with Crippen molar-refractivity contribution in [3.63, 3.8) is 0 Å². The second-order valence-corrected chi connectivity index (χ2v) is 2.35. The Balaban J connectivity index is 2.41. The van der Waals surface area contributed by atoms with E-state index in [1.807, 2.05) is 0 Å². The molecule has 1 saturated heterocycles. The molecule has 1 heterocycles. The summed E-state index contributed by atoms with van der Waals surface area (Å²) in [5, 5.41) is 17.7. The number of aliphatic hydroxyl groups is 2. The number of hydrogen-bond acceptors (Lipinski definition) is 4. The van der Waals surface area contributed by atoms with Gasteiger partial charge in [-0.05, 0) is 0 Å². The number of ether oxygens (including phenoxy) is 1. The molecule has 0 saturated carbocycles. The Hall–Kier alpha value is 0.130. The molecule has 3 atom stereocenters. The number of rotatable bonds is 2. The Morgan fingerprint density at radius 1 is 1.70 bits per heavy atom. The zero-order valence-corrected chi connectivity index (χ0v) is 5.99. The summed E-state index contributed by atoms with van der Waals surface area (Å²) in [6, 6.07) is 0. The highest BCUT2D eigenvalue weighted by Crippen LogP contribution is 2.17. The first-order chi connectivity index (χ1) is 4.79. The lowest BCUT2D eigenvalue weighted by atomic mass is 10.2. The molecule has 0 aromatic rings. The summed E-state index contributed by atoms with van der Waals surface area (Å²) < 4.78 is 9.25. The van der Waals surface area contributed by atoms with E-state index in [1.165, 1.54) is 0 Å². The normalized spacial score (nSPS) is 40.5. The Kier molecular flexibility index (Phi) is 2.88. The second-order valence-electron chi connectivity index (χ2n) is 2.17. The van der Waals surface area contributed by atoms with Crippen LogP contribution in [0.4, 0.5) is 0 Å². The fourth-order valence-electron chi connectivity index (χ4n) is 0.894. The van der Waals surface area contributed by atoms with Crippen LogP contribution in [0.1, 0.15) is 0 Å². The first kappa shape index (κ1) is 8.23. The summed E-state index contributed by atoms with van der Waals surface area (Å²) in [4.78, 5) is 0. The first-order valence-corrected chi connectivity index (χ1v) is 3.28. The molecule has 1 rings (SSSR count). The largest absolute Gasteiger partial charge is 0.394 e. The van der Waals surface area contributed by atoms with Crippen LogP contribution in [-0.2, 0) is 9.03 Å². The fourth-order valence-corrected chi connectivity index (χ4v) is 1.05. The van der Waals surface area contributed by atoms with Crippen molar-refractivity contribution in [2.45, 2.75) is 18.3 Å².